The highest BCUT2D eigenvalue weighted by molar-refractivity contribution is 5.93. The second-order valence-electron chi connectivity index (χ2n) is 5.94. The Labute approximate surface area is 147 Å². The maximum atomic E-state index is 12.3. The molecule has 0 fully saturated rings. The van der Waals surface area contributed by atoms with Gasteiger partial charge in [-0.25, -0.2) is 0 Å². The summed E-state index contributed by atoms with van der Waals surface area (Å²) in [4.78, 5) is 22.8. The first-order chi connectivity index (χ1) is 11.8. The average molecular weight is 342 g/mol. The van der Waals surface area contributed by atoms with Gasteiger partial charge < -0.3 is 10.1 Å². The van der Waals surface area contributed by atoms with Crippen LogP contribution in [0.4, 0.5) is 11.4 Å². The standard InChI is InChI=1S/C19H22N2O4/c1-5-15-10-16(21(23)24)9-13(3)19(15)20-18(22)11-25-17-8-6-7-12(2)14(17)4/h6-10H,5,11H2,1-4H3,(H,20,22). The number of rotatable bonds is 6. The van der Waals surface area contributed by atoms with Gasteiger partial charge >= 0.3 is 0 Å². The van der Waals surface area contributed by atoms with Crippen LogP contribution in [0.25, 0.3) is 0 Å². The molecule has 25 heavy (non-hydrogen) atoms. The first-order valence-corrected chi connectivity index (χ1v) is 8.10. The number of carbonyl (C=O) groups is 1. The molecule has 1 amide bonds. The Bertz CT molecular complexity index is 815. The highest BCUT2D eigenvalue weighted by Crippen LogP contribution is 2.27. The molecule has 0 saturated heterocycles. The van der Waals surface area contributed by atoms with Gasteiger partial charge in [0.1, 0.15) is 5.75 Å². The van der Waals surface area contributed by atoms with E-state index in [0.717, 1.165) is 16.7 Å². The normalized spacial score (nSPS) is 10.4. The van der Waals surface area contributed by atoms with Gasteiger partial charge in [-0.15, -0.1) is 0 Å². The maximum absolute atomic E-state index is 12.3. The van der Waals surface area contributed by atoms with Gasteiger partial charge in [-0.2, -0.15) is 0 Å². The van der Waals surface area contributed by atoms with Gasteiger partial charge in [0.15, 0.2) is 6.61 Å². The van der Waals surface area contributed by atoms with Gasteiger partial charge in [0.05, 0.1) is 4.92 Å². The molecule has 0 heterocycles. The number of nitro benzene ring substituents is 1. The van der Waals surface area contributed by atoms with Crippen LogP contribution in [0.3, 0.4) is 0 Å². The zero-order valence-corrected chi connectivity index (χ0v) is 14.9. The number of hydrogen-bond donors (Lipinski definition) is 1. The summed E-state index contributed by atoms with van der Waals surface area (Å²) in [7, 11) is 0. The van der Waals surface area contributed by atoms with Crippen LogP contribution in [0.5, 0.6) is 5.75 Å². The third-order valence-corrected chi connectivity index (χ3v) is 4.17. The third-order valence-electron chi connectivity index (χ3n) is 4.17. The number of amides is 1. The van der Waals surface area contributed by atoms with Gasteiger partial charge in [0.2, 0.25) is 0 Å². The number of carbonyl (C=O) groups excluding carboxylic acids is 1. The molecule has 0 atom stereocenters. The molecule has 0 radical (unpaired) electrons. The lowest BCUT2D eigenvalue weighted by Gasteiger charge is -2.14. The van der Waals surface area contributed by atoms with Crippen LogP contribution >= 0.6 is 0 Å². The lowest BCUT2D eigenvalue weighted by atomic mass is 10.0. The third kappa shape index (κ3) is 4.35. The molecule has 2 aromatic rings. The number of benzene rings is 2. The monoisotopic (exact) mass is 342 g/mol. The van der Waals surface area contributed by atoms with E-state index < -0.39 is 4.92 Å². The van der Waals surface area contributed by atoms with E-state index in [0.29, 0.717) is 23.4 Å². The quantitative estimate of drug-likeness (QED) is 0.633. The van der Waals surface area contributed by atoms with Gasteiger partial charge in [-0.3, -0.25) is 14.9 Å². The van der Waals surface area contributed by atoms with Crippen LogP contribution < -0.4 is 10.1 Å². The predicted octanol–water partition coefficient (Wildman–Crippen LogP) is 4.10. The van der Waals surface area contributed by atoms with Gasteiger partial charge in [-0.1, -0.05) is 19.1 Å². The molecule has 0 aliphatic carbocycles. The zero-order chi connectivity index (χ0) is 18.6. The zero-order valence-electron chi connectivity index (χ0n) is 14.9. The summed E-state index contributed by atoms with van der Waals surface area (Å²) in [6.45, 7) is 7.44. The molecule has 0 spiro atoms. The van der Waals surface area contributed by atoms with Crippen molar-refractivity contribution in [3.63, 3.8) is 0 Å². The summed E-state index contributed by atoms with van der Waals surface area (Å²) in [6.07, 6.45) is 0.579. The SMILES string of the molecule is CCc1cc([N+](=O)[O-])cc(C)c1NC(=O)COc1cccc(C)c1C. The van der Waals surface area contributed by atoms with Crippen molar-refractivity contribution >= 4 is 17.3 Å². The van der Waals surface area contributed by atoms with Crippen LogP contribution in [0, 0.1) is 30.9 Å². The molecule has 0 aromatic heterocycles. The van der Waals surface area contributed by atoms with Gasteiger partial charge in [0, 0.05) is 17.8 Å². The molecule has 132 valence electrons. The summed E-state index contributed by atoms with van der Waals surface area (Å²) in [6, 6.07) is 8.64. The molecule has 2 aromatic carbocycles. The van der Waals surface area contributed by atoms with Crippen LogP contribution in [0.1, 0.15) is 29.2 Å². The molecule has 0 saturated carbocycles. The van der Waals surface area contributed by atoms with Crippen LogP contribution in [0.15, 0.2) is 30.3 Å². The number of aryl methyl sites for hydroxylation is 3. The maximum Gasteiger partial charge on any atom is 0.270 e. The van der Waals surface area contributed by atoms with Crippen LogP contribution in [-0.4, -0.2) is 17.4 Å². The van der Waals surface area contributed by atoms with Crippen molar-refractivity contribution in [3.05, 3.63) is 62.7 Å². The summed E-state index contributed by atoms with van der Waals surface area (Å²) in [5.41, 5.74) is 4.12. The number of nitro groups is 1. The number of ether oxygens (including phenoxy) is 1. The topological polar surface area (TPSA) is 81.5 Å². The lowest BCUT2D eigenvalue weighted by Crippen LogP contribution is -2.22. The number of anilines is 1. The van der Waals surface area contributed by atoms with E-state index in [4.69, 9.17) is 4.74 Å². The fourth-order valence-electron chi connectivity index (χ4n) is 2.60. The average Bonchev–Trinajstić information content (AvgIpc) is 2.57. The van der Waals surface area contributed by atoms with Crippen molar-refractivity contribution in [1.82, 2.24) is 0 Å². The van der Waals surface area contributed by atoms with E-state index in [9.17, 15) is 14.9 Å². The van der Waals surface area contributed by atoms with Crippen LogP contribution in [0.2, 0.25) is 0 Å². The summed E-state index contributed by atoms with van der Waals surface area (Å²) >= 11 is 0. The van der Waals surface area contributed by atoms with Crippen molar-refractivity contribution in [2.75, 3.05) is 11.9 Å². The summed E-state index contributed by atoms with van der Waals surface area (Å²) in [5, 5.41) is 13.8. The Morgan fingerprint density at radius 2 is 1.92 bits per heavy atom. The molecule has 6 nitrogen and oxygen atoms in total. The Morgan fingerprint density at radius 1 is 1.20 bits per heavy atom. The first-order valence-electron chi connectivity index (χ1n) is 8.10. The van der Waals surface area contributed by atoms with E-state index in [1.807, 2.05) is 39.0 Å². The fraction of sp³-hybridized carbons (Fsp3) is 0.316. The first kappa shape index (κ1) is 18.4. The van der Waals surface area contributed by atoms with Crippen molar-refractivity contribution in [2.24, 2.45) is 0 Å². The highest BCUT2D eigenvalue weighted by atomic mass is 16.6. The van der Waals surface area contributed by atoms with Crippen molar-refractivity contribution < 1.29 is 14.5 Å². The largest absolute Gasteiger partial charge is 0.483 e. The molecule has 2 rings (SSSR count). The Morgan fingerprint density at radius 3 is 2.56 bits per heavy atom. The number of non-ortho nitro benzene ring substituents is 1. The Hall–Kier alpha value is -2.89. The second kappa shape index (κ2) is 7.79. The minimum Gasteiger partial charge on any atom is -0.483 e. The lowest BCUT2D eigenvalue weighted by molar-refractivity contribution is -0.384. The minimum atomic E-state index is -0.429. The van der Waals surface area contributed by atoms with Crippen molar-refractivity contribution in [1.29, 1.82) is 0 Å². The molecule has 0 aliphatic rings. The van der Waals surface area contributed by atoms with E-state index in [-0.39, 0.29) is 18.2 Å². The molecule has 6 heteroatoms. The van der Waals surface area contributed by atoms with E-state index in [1.54, 1.807) is 6.92 Å². The Balaban J connectivity index is 2.12. The van der Waals surface area contributed by atoms with Gasteiger partial charge in [0.25, 0.3) is 11.6 Å². The van der Waals surface area contributed by atoms with E-state index in [1.165, 1.54) is 12.1 Å². The van der Waals surface area contributed by atoms with Crippen molar-refractivity contribution in [2.45, 2.75) is 34.1 Å². The van der Waals surface area contributed by atoms with Crippen LogP contribution in [-0.2, 0) is 11.2 Å². The van der Waals surface area contributed by atoms with E-state index >= 15 is 0 Å². The van der Waals surface area contributed by atoms with E-state index in [2.05, 4.69) is 5.32 Å². The number of nitrogens with one attached hydrogen (secondary N) is 1. The van der Waals surface area contributed by atoms with Crippen molar-refractivity contribution in [3.8, 4) is 5.75 Å². The fourth-order valence-corrected chi connectivity index (χ4v) is 2.60. The molecular formula is C19H22N2O4. The summed E-state index contributed by atoms with van der Waals surface area (Å²) < 4.78 is 5.61. The van der Waals surface area contributed by atoms with Gasteiger partial charge in [-0.05, 0) is 55.5 Å². The number of hydrogen-bond acceptors (Lipinski definition) is 4. The summed E-state index contributed by atoms with van der Waals surface area (Å²) in [5.74, 6) is 0.374. The molecule has 0 unspecified atom stereocenters. The predicted molar refractivity (Wildman–Crippen MR) is 97.3 cm³/mol. The molecule has 0 aliphatic heterocycles. The molecule has 1 N–H and O–H groups in total. The highest BCUT2D eigenvalue weighted by Gasteiger charge is 2.16. The molecular weight excluding hydrogens is 320 g/mol. The smallest absolute Gasteiger partial charge is 0.270 e. The minimum absolute atomic E-state index is 0.0268. The number of nitrogens with zero attached hydrogens (tertiary/aromatic N) is 1. The molecule has 0 bridgehead atoms. The Kier molecular flexibility index (Phi) is 5.75. The second-order valence-corrected chi connectivity index (χ2v) is 5.94.